The monoisotopic (exact) mass is 353 g/mol. The third-order valence-electron chi connectivity index (χ3n) is 4.19. The van der Waals surface area contributed by atoms with Crippen molar-refractivity contribution < 1.29 is 4.79 Å². The summed E-state index contributed by atoms with van der Waals surface area (Å²) in [7, 11) is 0. The van der Waals surface area contributed by atoms with E-state index < -0.39 is 5.54 Å². The number of nitrogens with one attached hydrogen (secondary N) is 1. The highest BCUT2D eigenvalue weighted by Crippen LogP contribution is 2.24. The van der Waals surface area contributed by atoms with Crippen LogP contribution < -0.4 is 11.1 Å². The Morgan fingerprint density at radius 3 is 2.60 bits per heavy atom. The molecule has 130 valence electrons. The molecule has 1 atom stereocenters. The van der Waals surface area contributed by atoms with Crippen LogP contribution in [-0.4, -0.2) is 16.4 Å². The molecule has 3 rings (SSSR count). The third-order valence-corrected chi connectivity index (χ3v) is 5.23. The van der Waals surface area contributed by atoms with Gasteiger partial charge in [0.2, 0.25) is 5.91 Å². The zero-order chi connectivity index (χ0) is 17.9. The van der Waals surface area contributed by atoms with Crippen LogP contribution >= 0.6 is 11.3 Å². The summed E-state index contributed by atoms with van der Waals surface area (Å²) < 4.78 is 1.21. The summed E-state index contributed by atoms with van der Waals surface area (Å²) in [5.41, 5.74) is 8.21. The molecule has 0 aliphatic rings. The van der Waals surface area contributed by atoms with Gasteiger partial charge in [0.15, 0.2) is 0 Å². The number of hydrogen-bond acceptors (Lipinski definition) is 4. The Morgan fingerprint density at radius 1 is 1.20 bits per heavy atom. The number of aromatic nitrogens is 1. The number of anilines is 1. The number of hydrogen-bond donors (Lipinski definition) is 2. The number of thiazole rings is 1. The fourth-order valence-electron chi connectivity index (χ4n) is 2.78. The molecule has 1 heterocycles. The van der Waals surface area contributed by atoms with Crippen LogP contribution in [0.4, 0.5) is 5.69 Å². The molecule has 1 amide bonds. The van der Waals surface area contributed by atoms with E-state index in [1.165, 1.54) is 10.3 Å². The standard InChI is InChI=1S/C20H23N3OS/c1-3-12-20(2,21)19(24)22-15-10-8-14(9-11-15)13-18-23-16-6-4-5-7-17(16)25-18/h4-11H,3,12-13,21H2,1-2H3,(H,22,24). The molecule has 0 saturated carbocycles. The molecule has 0 bridgehead atoms. The van der Waals surface area contributed by atoms with Gasteiger partial charge in [-0.2, -0.15) is 0 Å². The Kier molecular flexibility index (Phi) is 5.16. The normalized spacial score (nSPS) is 13.6. The van der Waals surface area contributed by atoms with Crippen LogP contribution in [-0.2, 0) is 11.2 Å². The van der Waals surface area contributed by atoms with Gasteiger partial charge in [0.25, 0.3) is 0 Å². The van der Waals surface area contributed by atoms with Crippen LogP contribution in [0.25, 0.3) is 10.2 Å². The number of carbonyl (C=O) groups is 1. The minimum absolute atomic E-state index is 0.145. The number of amides is 1. The van der Waals surface area contributed by atoms with Crippen molar-refractivity contribution in [3.63, 3.8) is 0 Å². The van der Waals surface area contributed by atoms with Crippen LogP contribution in [0, 0.1) is 0 Å². The first-order valence-corrected chi connectivity index (χ1v) is 9.33. The molecule has 1 unspecified atom stereocenters. The summed E-state index contributed by atoms with van der Waals surface area (Å²) in [5, 5.41) is 4.00. The van der Waals surface area contributed by atoms with E-state index in [2.05, 4.69) is 16.4 Å². The van der Waals surface area contributed by atoms with Crippen LogP contribution in [0.3, 0.4) is 0 Å². The van der Waals surface area contributed by atoms with Gasteiger partial charge in [-0.1, -0.05) is 37.6 Å². The maximum Gasteiger partial charge on any atom is 0.244 e. The molecule has 0 aliphatic carbocycles. The van der Waals surface area contributed by atoms with Crippen molar-refractivity contribution in [3.8, 4) is 0 Å². The maximum atomic E-state index is 12.3. The van der Waals surface area contributed by atoms with Crippen molar-refractivity contribution in [3.05, 3.63) is 59.1 Å². The van der Waals surface area contributed by atoms with E-state index in [0.717, 1.165) is 29.1 Å². The largest absolute Gasteiger partial charge is 0.325 e. The van der Waals surface area contributed by atoms with Gasteiger partial charge >= 0.3 is 0 Å². The fraction of sp³-hybridized carbons (Fsp3) is 0.300. The van der Waals surface area contributed by atoms with Gasteiger partial charge < -0.3 is 11.1 Å². The first-order valence-electron chi connectivity index (χ1n) is 8.51. The second-order valence-electron chi connectivity index (χ2n) is 6.57. The molecule has 0 saturated heterocycles. The molecule has 1 aromatic heterocycles. The highest BCUT2D eigenvalue weighted by molar-refractivity contribution is 7.18. The average molecular weight is 353 g/mol. The zero-order valence-corrected chi connectivity index (χ0v) is 15.4. The fourth-order valence-corrected chi connectivity index (χ4v) is 3.78. The molecule has 0 fully saturated rings. The molecule has 5 heteroatoms. The molecule has 0 aliphatic heterocycles. The molecular formula is C20H23N3OS. The van der Waals surface area contributed by atoms with Crippen molar-refractivity contribution in [2.45, 2.75) is 38.6 Å². The first kappa shape index (κ1) is 17.6. The van der Waals surface area contributed by atoms with Crippen molar-refractivity contribution in [1.82, 2.24) is 4.98 Å². The Balaban J connectivity index is 1.67. The summed E-state index contributed by atoms with van der Waals surface area (Å²) in [6, 6.07) is 16.1. The Hall–Kier alpha value is -2.24. The van der Waals surface area contributed by atoms with Crippen LogP contribution in [0.5, 0.6) is 0 Å². The Labute approximate surface area is 152 Å². The van der Waals surface area contributed by atoms with E-state index in [1.807, 2.05) is 49.4 Å². The minimum Gasteiger partial charge on any atom is -0.325 e. The second-order valence-corrected chi connectivity index (χ2v) is 7.69. The molecule has 25 heavy (non-hydrogen) atoms. The molecule has 0 radical (unpaired) electrons. The summed E-state index contributed by atoms with van der Waals surface area (Å²) >= 11 is 1.72. The van der Waals surface area contributed by atoms with E-state index in [9.17, 15) is 4.79 Å². The van der Waals surface area contributed by atoms with Gasteiger partial charge in [-0.25, -0.2) is 4.98 Å². The molecule has 3 N–H and O–H groups in total. The second kappa shape index (κ2) is 7.33. The SMILES string of the molecule is CCCC(C)(N)C(=O)Nc1ccc(Cc2nc3ccccc3s2)cc1. The number of fused-ring (bicyclic) bond motifs is 1. The van der Waals surface area contributed by atoms with Crippen LogP contribution in [0.15, 0.2) is 48.5 Å². The number of nitrogens with zero attached hydrogens (tertiary/aromatic N) is 1. The number of carbonyl (C=O) groups excluding carboxylic acids is 1. The van der Waals surface area contributed by atoms with Crippen LogP contribution in [0.1, 0.15) is 37.3 Å². The van der Waals surface area contributed by atoms with Crippen molar-refractivity contribution >= 4 is 33.1 Å². The smallest absolute Gasteiger partial charge is 0.244 e. The van der Waals surface area contributed by atoms with E-state index in [4.69, 9.17) is 5.73 Å². The van der Waals surface area contributed by atoms with E-state index in [-0.39, 0.29) is 5.91 Å². The molecular weight excluding hydrogens is 330 g/mol. The lowest BCUT2D eigenvalue weighted by Crippen LogP contribution is -2.48. The van der Waals surface area contributed by atoms with Crippen LogP contribution in [0.2, 0.25) is 0 Å². The quantitative estimate of drug-likeness (QED) is 0.692. The summed E-state index contributed by atoms with van der Waals surface area (Å²) in [5.74, 6) is -0.145. The predicted molar refractivity (Wildman–Crippen MR) is 105 cm³/mol. The highest BCUT2D eigenvalue weighted by atomic mass is 32.1. The lowest BCUT2D eigenvalue weighted by molar-refractivity contribution is -0.120. The molecule has 4 nitrogen and oxygen atoms in total. The highest BCUT2D eigenvalue weighted by Gasteiger charge is 2.27. The topological polar surface area (TPSA) is 68.0 Å². The van der Waals surface area contributed by atoms with Gasteiger partial charge in [0, 0.05) is 12.1 Å². The first-order chi connectivity index (χ1) is 12.0. The predicted octanol–water partition coefficient (Wildman–Crippen LogP) is 4.34. The number of nitrogens with two attached hydrogens (primary N) is 1. The van der Waals surface area contributed by atoms with Gasteiger partial charge in [-0.3, -0.25) is 4.79 Å². The van der Waals surface area contributed by atoms with Crippen molar-refractivity contribution in [2.24, 2.45) is 5.73 Å². The minimum atomic E-state index is -0.839. The molecule has 3 aromatic rings. The van der Waals surface area contributed by atoms with Gasteiger partial charge in [-0.05, 0) is 43.2 Å². The molecule has 0 spiro atoms. The zero-order valence-electron chi connectivity index (χ0n) is 14.6. The van der Waals surface area contributed by atoms with Gasteiger partial charge in [-0.15, -0.1) is 11.3 Å². The van der Waals surface area contributed by atoms with E-state index in [1.54, 1.807) is 18.3 Å². The average Bonchev–Trinajstić information content (AvgIpc) is 2.98. The van der Waals surface area contributed by atoms with Crippen molar-refractivity contribution in [2.75, 3.05) is 5.32 Å². The summed E-state index contributed by atoms with van der Waals surface area (Å²) in [6.07, 6.45) is 2.33. The van der Waals surface area contributed by atoms with Gasteiger partial charge in [0.1, 0.15) is 0 Å². The summed E-state index contributed by atoms with van der Waals surface area (Å²) in [4.78, 5) is 16.9. The third kappa shape index (κ3) is 4.24. The number of rotatable bonds is 6. The number of para-hydroxylation sites is 1. The molecule has 2 aromatic carbocycles. The van der Waals surface area contributed by atoms with E-state index in [0.29, 0.717) is 6.42 Å². The lowest BCUT2D eigenvalue weighted by atomic mass is 9.96. The Morgan fingerprint density at radius 2 is 1.92 bits per heavy atom. The number of benzene rings is 2. The summed E-state index contributed by atoms with van der Waals surface area (Å²) in [6.45, 7) is 3.79. The van der Waals surface area contributed by atoms with Gasteiger partial charge in [0.05, 0.1) is 20.8 Å². The lowest BCUT2D eigenvalue weighted by Gasteiger charge is -2.22. The maximum absolute atomic E-state index is 12.3. The van der Waals surface area contributed by atoms with E-state index >= 15 is 0 Å². The Bertz CT molecular complexity index is 835. The van der Waals surface area contributed by atoms with Crippen molar-refractivity contribution in [1.29, 1.82) is 0 Å².